The molecule has 0 saturated carbocycles. The SMILES string of the molecule is CC(C)C(=O)NCC1CCN(C(=O)c2cccn(C)c2=O)CC1. The molecule has 23 heavy (non-hydrogen) atoms. The molecule has 2 heterocycles. The summed E-state index contributed by atoms with van der Waals surface area (Å²) in [5.74, 6) is 0.249. The number of likely N-dealkylation sites (tertiary alicyclic amines) is 1. The van der Waals surface area contributed by atoms with Crippen LogP contribution in [0.15, 0.2) is 23.1 Å². The topological polar surface area (TPSA) is 71.4 Å². The highest BCUT2D eigenvalue weighted by Gasteiger charge is 2.25. The van der Waals surface area contributed by atoms with Crippen molar-refractivity contribution >= 4 is 11.8 Å². The summed E-state index contributed by atoms with van der Waals surface area (Å²) < 4.78 is 1.42. The minimum atomic E-state index is -0.260. The lowest BCUT2D eigenvalue weighted by Crippen LogP contribution is -2.43. The van der Waals surface area contributed by atoms with E-state index in [0.717, 1.165) is 12.8 Å². The van der Waals surface area contributed by atoms with Gasteiger partial charge < -0.3 is 14.8 Å². The van der Waals surface area contributed by atoms with Gasteiger partial charge in [0.2, 0.25) is 5.91 Å². The summed E-state index contributed by atoms with van der Waals surface area (Å²) in [6.07, 6.45) is 3.33. The van der Waals surface area contributed by atoms with E-state index in [1.807, 2.05) is 13.8 Å². The van der Waals surface area contributed by atoms with Gasteiger partial charge >= 0.3 is 0 Å². The minimum absolute atomic E-state index is 0.00837. The van der Waals surface area contributed by atoms with Crippen LogP contribution in [0.1, 0.15) is 37.0 Å². The van der Waals surface area contributed by atoms with Gasteiger partial charge in [0.15, 0.2) is 0 Å². The number of hydrogen-bond acceptors (Lipinski definition) is 3. The highest BCUT2D eigenvalue weighted by Crippen LogP contribution is 2.18. The van der Waals surface area contributed by atoms with Crippen LogP contribution in [-0.4, -0.2) is 40.9 Å². The predicted molar refractivity (Wildman–Crippen MR) is 88.2 cm³/mol. The van der Waals surface area contributed by atoms with Gasteiger partial charge in [0.25, 0.3) is 11.5 Å². The Morgan fingerprint density at radius 3 is 2.57 bits per heavy atom. The summed E-state index contributed by atoms with van der Waals surface area (Å²) in [6, 6.07) is 3.29. The number of piperidine rings is 1. The maximum absolute atomic E-state index is 12.5. The van der Waals surface area contributed by atoms with Crippen molar-refractivity contribution in [2.45, 2.75) is 26.7 Å². The number of nitrogens with zero attached hydrogens (tertiary/aromatic N) is 2. The first-order chi connectivity index (χ1) is 10.9. The van der Waals surface area contributed by atoms with E-state index in [0.29, 0.717) is 25.6 Å². The molecule has 6 nitrogen and oxygen atoms in total. The average Bonchev–Trinajstić information content (AvgIpc) is 2.55. The largest absolute Gasteiger partial charge is 0.356 e. The van der Waals surface area contributed by atoms with E-state index in [-0.39, 0.29) is 28.9 Å². The van der Waals surface area contributed by atoms with E-state index in [4.69, 9.17) is 0 Å². The van der Waals surface area contributed by atoms with Crippen LogP contribution >= 0.6 is 0 Å². The normalized spacial score (nSPS) is 15.7. The summed E-state index contributed by atoms with van der Waals surface area (Å²) in [5.41, 5.74) is -0.0367. The Hall–Kier alpha value is -2.11. The van der Waals surface area contributed by atoms with Crippen LogP contribution in [-0.2, 0) is 11.8 Å². The maximum Gasteiger partial charge on any atom is 0.263 e. The van der Waals surface area contributed by atoms with Crippen molar-refractivity contribution in [3.8, 4) is 0 Å². The van der Waals surface area contributed by atoms with Gasteiger partial charge in [0.05, 0.1) is 0 Å². The second kappa shape index (κ2) is 7.44. The van der Waals surface area contributed by atoms with Gasteiger partial charge in [-0.2, -0.15) is 0 Å². The lowest BCUT2D eigenvalue weighted by molar-refractivity contribution is -0.124. The summed E-state index contributed by atoms with van der Waals surface area (Å²) in [5, 5.41) is 2.95. The number of carbonyl (C=O) groups is 2. The predicted octanol–water partition coefficient (Wildman–Crippen LogP) is 1.01. The number of nitrogens with one attached hydrogen (secondary N) is 1. The van der Waals surface area contributed by atoms with E-state index in [9.17, 15) is 14.4 Å². The number of rotatable bonds is 4. The smallest absolute Gasteiger partial charge is 0.263 e. The van der Waals surface area contributed by atoms with Crippen molar-refractivity contribution in [2.75, 3.05) is 19.6 Å². The van der Waals surface area contributed by atoms with Crippen LogP contribution in [0.3, 0.4) is 0 Å². The molecule has 0 unspecified atom stereocenters. The highest BCUT2D eigenvalue weighted by molar-refractivity contribution is 5.93. The summed E-state index contributed by atoms with van der Waals surface area (Å²) in [4.78, 5) is 37.8. The maximum atomic E-state index is 12.5. The van der Waals surface area contributed by atoms with Crippen LogP contribution in [0.25, 0.3) is 0 Å². The first kappa shape index (κ1) is 17.2. The van der Waals surface area contributed by atoms with E-state index in [1.54, 1.807) is 30.3 Å². The first-order valence-electron chi connectivity index (χ1n) is 8.12. The molecule has 0 spiro atoms. The van der Waals surface area contributed by atoms with Crippen molar-refractivity contribution in [2.24, 2.45) is 18.9 Å². The molecule has 1 aromatic rings. The summed E-state index contributed by atoms with van der Waals surface area (Å²) >= 11 is 0. The standard InChI is InChI=1S/C17H25N3O3/c1-12(2)15(21)18-11-13-6-9-20(10-7-13)17(23)14-5-4-8-19(3)16(14)22/h4-5,8,12-13H,6-7,9-11H2,1-3H3,(H,18,21). The van der Waals surface area contributed by atoms with Gasteiger partial charge in [0, 0.05) is 38.8 Å². The molecule has 0 bridgehead atoms. The van der Waals surface area contributed by atoms with E-state index < -0.39 is 0 Å². The molecule has 1 aliphatic rings. The van der Waals surface area contributed by atoms with Crippen LogP contribution < -0.4 is 10.9 Å². The highest BCUT2D eigenvalue weighted by atomic mass is 16.2. The molecular weight excluding hydrogens is 294 g/mol. The molecule has 1 aliphatic heterocycles. The number of aromatic nitrogens is 1. The first-order valence-corrected chi connectivity index (χ1v) is 8.12. The van der Waals surface area contributed by atoms with Crippen molar-refractivity contribution in [1.82, 2.24) is 14.8 Å². The molecule has 0 atom stereocenters. The fourth-order valence-electron chi connectivity index (χ4n) is 2.72. The Morgan fingerprint density at radius 2 is 1.96 bits per heavy atom. The Labute approximate surface area is 136 Å². The van der Waals surface area contributed by atoms with Crippen molar-refractivity contribution in [3.05, 3.63) is 34.2 Å². The molecule has 126 valence electrons. The van der Waals surface area contributed by atoms with Gasteiger partial charge in [-0.05, 0) is 30.9 Å². The van der Waals surface area contributed by atoms with Gasteiger partial charge in [-0.3, -0.25) is 14.4 Å². The Bertz CT molecular complexity index is 628. The molecular formula is C17H25N3O3. The number of amides is 2. The van der Waals surface area contributed by atoms with Crippen LogP contribution in [0.2, 0.25) is 0 Å². The van der Waals surface area contributed by atoms with Crippen molar-refractivity contribution in [1.29, 1.82) is 0 Å². The molecule has 1 saturated heterocycles. The Balaban J connectivity index is 1.89. The zero-order valence-corrected chi connectivity index (χ0v) is 14.0. The molecule has 0 radical (unpaired) electrons. The van der Waals surface area contributed by atoms with E-state index >= 15 is 0 Å². The number of carbonyl (C=O) groups excluding carboxylic acids is 2. The molecule has 0 aromatic carbocycles. The summed E-state index contributed by atoms with van der Waals surface area (Å²) in [7, 11) is 1.64. The van der Waals surface area contributed by atoms with Gasteiger partial charge in [-0.15, -0.1) is 0 Å². The monoisotopic (exact) mass is 319 g/mol. The zero-order chi connectivity index (χ0) is 17.0. The van der Waals surface area contributed by atoms with E-state index in [2.05, 4.69) is 5.32 Å². The second-order valence-corrected chi connectivity index (χ2v) is 6.47. The van der Waals surface area contributed by atoms with Gasteiger partial charge in [-0.1, -0.05) is 13.8 Å². The van der Waals surface area contributed by atoms with Crippen LogP contribution in [0.5, 0.6) is 0 Å². The lowest BCUT2D eigenvalue weighted by atomic mass is 9.96. The summed E-state index contributed by atoms with van der Waals surface area (Å²) in [6.45, 7) is 5.65. The number of pyridine rings is 1. The molecule has 6 heteroatoms. The fourth-order valence-corrected chi connectivity index (χ4v) is 2.72. The molecule has 1 aromatic heterocycles. The van der Waals surface area contributed by atoms with E-state index in [1.165, 1.54) is 4.57 Å². The minimum Gasteiger partial charge on any atom is -0.356 e. The zero-order valence-electron chi connectivity index (χ0n) is 14.0. The van der Waals surface area contributed by atoms with Gasteiger partial charge in [0.1, 0.15) is 5.56 Å². The Morgan fingerprint density at radius 1 is 1.30 bits per heavy atom. The fraction of sp³-hybridized carbons (Fsp3) is 0.588. The van der Waals surface area contributed by atoms with Crippen LogP contribution in [0.4, 0.5) is 0 Å². The molecule has 2 amide bonds. The third-order valence-electron chi connectivity index (χ3n) is 4.34. The van der Waals surface area contributed by atoms with Gasteiger partial charge in [-0.25, -0.2) is 0 Å². The van der Waals surface area contributed by atoms with Crippen molar-refractivity contribution in [3.63, 3.8) is 0 Å². The second-order valence-electron chi connectivity index (χ2n) is 6.47. The molecule has 1 fully saturated rings. The molecule has 2 rings (SSSR count). The molecule has 0 aliphatic carbocycles. The van der Waals surface area contributed by atoms with Crippen molar-refractivity contribution < 1.29 is 9.59 Å². The number of hydrogen-bond donors (Lipinski definition) is 1. The van der Waals surface area contributed by atoms with Crippen LogP contribution in [0, 0.1) is 11.8 Å². The third kappa shape index (κ3) is 4.21. The Kier molecular flexibility index (Phi) is 5.58. The lowest BCUT2D eigenvalue weighted by Gasteiger charge is -2.32. The molecule has 1 N–H and O–H groups in total. The average molecular weight is 319 g/mol. The third-order valence-corrected chi connectivity index (χ3v) is 4.34. The number of aryl methyl sites for hydroxylation is 1. The quantitative estimate of drug-likeness (QED) is 0.900.